The largest absolute Gasteiger partial charge is 0.345 e. The van der Waals surface area contributed by atoms with Gasteiger partial charge in [-0.05, 0) is 19.4 Å². The van der Waals surface area contributed by atoms with E-state index in [9.17, 15) is 4.79 Å². The van der Waals surface area contributed by atoms with Crippen LogP contribution in [-0.4, -0.2) is 37.5 Å². The molecule has 0 aromatic carbocycles. The molecule has 12 heavy (non-hydrogen) atoms. The number of hydrogen-bond donors (Lipinski definition) is 1. The van der Waals surface area contributed by atoms with Gasteiger partial charge in [-0.15, -0.1) is 0 Å². The van der Waals surface area contributed by atoms with E-state index in [0.29, 0.717) is 6.04 Å². The van der Waals surface area contributed by atoms with Crippen molar-refractivity contribution in [2.45, 2.75) is 18.9 Å². The first-order valence-electron chi connectivity index (χ1n) is 4.33. The third kappa shape index (κ3) is 2.66. The summed E-state index contributed by atoms with van der Waals surface area (Å²) in [5.74, 6) is 0.0590. The number of hydrogen-bond acceptors (Lipinski definition) is 2. The summed E-state index contributed by atoms with van der Waals surface area (Å²) in [5, 5.41) is 3.29. The van der Waals surface area contributed by atoms with Gasteiger partial charge in [0.15, 0.2) is 0 Å². The number of rotatable bonds is 2. The second kappa shape index (κ2) is 4.26. The van der Waals surface area contributed by atoms with Gasteiger partial charge in [-0.25, -0.2) is 0 Å². The van der Waals surface area contributed by atoms with E-state index in [-0.39, 0.29) is 5.91 Å². The molecule has 3 nitrogen and oxygen atoms in total. The monoisotopic (exact) mass is 168 g/mol. The van der Waals surface area contributed by atoms with E-state index in [1.54, 1.807) is 25.1 Å². The van der Waals surface area contributed by atoms with Crippen LogP contribution in [0.25, 0.3) is 0 Å². The summed E-state index contributed by atoms with van der Waals surface area (Å²) in [6.07, 6.45) is 5.96. The van der Waals surface area contributed by atoms with Crippen molar-refractivity contribution >= 4 is 5.91 Å². The average molecular weight is 168 g/mol. The summed E-state index contributed by atoms with van der Waals surface area (Å²) in [6, 6.07) is 0.411. The standard InChI is InChI=1S/C9H16N2O/c1-11(2)9(12)6-5-8-4-3-7-10-8/h5-6,8,10H,3-4,7H2,1-2H3/t8-/m0/s1. The highest BCUT2D eigenvalue weighted by molar-refractivity contribution is 5.87. The molecule has 1 atom stereocenters. The van der Waals surface area contributed by atoms with Crippen molar-refractivity contribution < 1.29 is 4.79 Å². The number of carbonyl (C=O) groups is 1. The molecule has 1 aliphatic heterocycles. The van der Waals surface area contributed by atoms with E-state index in [4.69, 9.17) is 0 Å². The lowest BCUT2D eigenvalue weighted by molar-refractivity contribution is -0.123. The fraction of sp³-hybridized carbons (Fsp3) is 0.667. The molecular weight excluding hydrogens is 152 g/mol. The summed E-state index contributed by atoms with van der Waals surface area (Å²) >= 11 is 0. The van der Waals surface area contributed by atoms with Gasteiger partial charge in [-0.2, -0.15) is 0 Å². The van der Waals surface area contributed by atoms with E-state index in [0.717, 1.165) is 13.0 Å². The normalized spacial score (nSPS) is 23.3. The van der Waals surface area contributed by atoms with Crippen LogP contribution in [0.3, 0.4) is 0 Å². The Kier molecular flexibility index (Phi) is 3.29. The molecule has 0 aromatic rings. The fourth-order valence-electron chi connectivity index (χ4n) is 1.22. The predicted octanol–water partition coefficient (Wildman–Crippen LogP) is 0.383. The second-order valence-corrected chi connectivity index (χ2v) is 3.29. The van der Waals surface area contributed by atoms with Crippen LogP contribution in [0, 0.1) is 0 Å². The first-order valence-corrected chi connectivity index (χ1v) is 4.33. The molecule has 0 aromatic heterocycles. The molecule has 1 saturated heterocycles. The van der Waals surface area contributed by atoms with Gasteiger partial charge >= 0.3 is 0 Å². The summed E-state index contributed by atoms with van der Waals surface area (Å²) in [6.45, 7) is 1.07. The van der Waals surface area contributed by atoms with Gasteiger partial charge in [0.1, 0.15) is 0 Å². The van der Waals surface area contributed by atoms with Crippen molar-refractivity contribution in [3.05, 3.63) is 12.2 Å². The highest BCUT2D eigenvalue weighted by atomic mass is 16.2. The number of nitrogens with zero attached hydrogens (tertiary/aromatic N) is 1. The molecule has 1 rings (SSSR count). The molecule has 1 fully saturated rings. The minimum Gasteiger partial charge on any atom is -0.345 e. The van der Waals surface area contributed by atoms with Crippen LogP contribution in [0.4, 0.5) is 0 Å². The van der Waals surface area contributed by atoms with Crippen molar-refractivity contribution in [2.24, 2.45) is 0 Å². The van der Waals surface area contributed by atoms with Crippen molar-refractivity contribution in [1.29, 1.82) is 0 Å². The Morgan fingerprint density at radius 3 is 2.83 bits per heavy atom. The fourth-order valence-corrected chi connectivity index (χ4v) is 1.22. The highest BCUT2D eigenvalue weighted by Gasteiger charge is 2.10. The smallest absolute Gasteiger partial charge is 0.245 e. The minimum absolute atomic E-state index is 0.0590. The van der Waals surface area contributed by atoms with Crippen molar-refractivity contribution in [1.82, 2.24) is 10.2 Å². The van der Waals surface area contributed by atoms with E-state index < -0.39 is 0 Å². The Balaban J connectivity index is 2.33. The van der Waals surface area contributed by atoms with Crippen molar-refractivity contribution in [3.8, 4) is 0 Å². The Morgan fingerprint density at radius 1 is 1.58 bits per heavy atom. The lowest BCUT2D eigenvalue weighted by Gasteiger charge is -2.07. The van der Waals surface area contributed by atoms with Crippen molar-refractivity contribution in [3.63, 3.8) is 0 Å². The molecule has 1 aliphatic rings. The van der Waals surface area contributed by atoms with E-state index in [1.165, 1.54) is 6.42 Å². The number of amides is 1. The zero-order valence-corrected chi connectivity index (χ0v) is 7.71. The molecule has 1 heterocycles. The van der Waals surface area contributed by atoms with Crippen LogP contribution >= 0.6 is 0 Å². The summed E-state index contributed by atoms with van der Waals surface area (Å²) in [5.41, 5.74) is 0. The summed E-state index contributed by atoms with van der Waals surface area (Å²) in [7, 11) is 3.52. The van der Waals surface area contributed by atoms with Crippen LogP contribution in [0.5, 0.6) is 0 Å². The molecule has 1 N–H and O–H groups in total. The molecule has 0 unspecified atom stereocenters. The van der Waals surface area contributed by atoms with Gasteiger partial charge in [0, 0.05) is 26.2 Å². The lowest BCUT2D eigenvalue weighted by atomic mass is 10.2. The topological polar surface area (TPSA) is 32.3 Å². The van der Waals surface area contributed by atoms with E-state index >= 15 is 0 Å². The SMILES string of the molecule is CN(C)C(=O)C=C[C@@H]1CCCN1. The van der Waals surface area contributed by atoms with Crippen molar-refractivity contribution in [2.75, 3.05) is 20.6 Å². The second-order valence-electron chi connectivity index (χ2n) is 3.29. The minimum atomic E-state index is 0.0590. The van der Waals surface area contributed by atoms with Crippen LogP contribution < -0.4 is 5.32 Å². The van der Waals surface area contributed by atoms with Gasteiger partial charge in [0.05, 0.1) is 0 Å². The Bertz CT molecular complexity index is 181. The summed E-state index contributed by atoms with van der Waals surface area (Å²) in [4.78, 5) is 12.7. The molecule has 68 valence electrons. The number of carbonyl (C=O) groups excluding carboxylic acids is 1. The molecular formula is C9H16N2O. The molecule has 0 saturated carbocycles. The molecule has 0 bridgehead atoms. The van der Waals surface area contributed by atoms with Gasteiger partial charge in [0.25, 0.3) is 0 Å². The Hall–Kier alpha value is -0.830. The number of nitrogens with one attached hydrogen (secondary N) is 1. The molecule has 0 aliphatic carbocycles. The van der Waals surface area contributed by atoms with Gasteiger partial charge in [-0.3, -0.25) is 4.79 Å². The Morgan fingerprint density at radius 2 is 2.33 bits per heavy atom. The quantitative estimate of drug-likeness (QED) is 0.605. The van der Waals surface area contributed by atoms with Gasteiger partial charge < -0.3 is 10.2 Å². The van der Waals surface area contributed by atoms with Gasteiger partial charge in [0.2, 0.25) is 5.91 Å². The molecule has 3 heteroatoms. The Labute approximate surface area is 73.4 Å². The first kappa shape index (κ1) is 9.26. The third-order valence-electron chi connectivity index (χ3n) is 2.01. The maximum Gasteiger partial charge on any atom is 0.245 e. The maximum atomic E-state index is 11.1. The number of likely N-dealkylation sites (N-methyl/N-ethyl adjacent to an activating group) is 1. The van der Waals surface area contributed by atoms with Gasteiger partial charge in [-0.1, -0.05) is 6.08 Å². The highest BCUT2D eigenvalue weighted by Crippen LogP contribution is 2.05. The molecule has 1 amide bonds. The zero-order chi connectivity index (χ0) is 8.97. The predicted molar refractivity (Wildman–Crippen MR) is 48.9 cm³/mol. The first-order chi connectivity index (χ1) is 5.70. The van der Waals surface area contributed by atoms with E-state index in [2.05, 4.69) is 5.32 Å². The zero-order valence-electron chi connectivity index (χ0n) is 7.71. The van der Waals surface area contributed by atoms with Crippen LogP contribution in [-0.2, 0) is 4.79 Å². The van der Waals surface area contributed by atoms with Crippen LogP contribution in [0.1, 0.15) is 12.8 Å². The molecule has 0 spiro atoms. The van der Waals surface area contributed by atoms with Crippen LogP contribution in [0.2, 0.25) is 0 Å². The lowest BCUT2D eigenvalue weighted by Crippen LogP contribution is -2.22. The van der Waals surface area contributed by atoms with Crippen LogP contribution in [0.15, 0.2) is 12.2 Å². The molecule has 0 radical (unpaired) electrons. The summed E-state index contributed by atoms with van der Waals surface area (Å²) < 4.78 is 0. The maximum absolute atomic E-state index is 11.1. The average Bonchev–Trinajstić information content (AvgIpc) is 2.51. The van der Waals surface area contributed by atoms with E-state index in [1.807, 2.05) is 6.08 Å². The third-order valence-corrected chi connectivity index (χ3v) is 2.01.